The van der Waals surface area contributed by atoms with Gasteiger partial charge in [-0.05, 0) is 44.6 Å². The summed E-state index contributed by atoms with van der Waals surface area (Å²) in [7, 11) is 2.11. The monoisotopic (exact) mass is 302 g/mol. The van der Waals surface area contributed by atoms with E-state index in [0.29, 0.717) is 17.9 Å². The Kier molecular flexibility index (Phi) is 3.85. The SMILES string of the molecule is CCC1CC(N(C)c2ncnc3[nH]ccc23)CC1C(C)(C)O. The largest absolute Gasteiger partial charge is 0.390 e. The lowest BCUT2D eigenvalue weighted by Gasteiger charge is -2.31. The molecule has 1 aliphatic rings. The zero-order chi connectivity index (χ0) is 15.9. The minimum atomic E-state index is -0.620. The highest BCUT2D eigenvalue weighted by Gasteiger charge is 2.42. The number of aromatic amines is 1. The molecule has 2 N–H and O–H groups in total. The van der Waals surface area contributed by atoms with Crippen molar-refractivity contribution in [1.82, 2.24) is 15.0 Å². The number of rotatable bonds is 4. The molecule has 0 bridgehead atoms. The van der Waals surface area contributed by atoms with Crippen LogP contribution >= 0.6 is 0 Å². The molecule has 1 fully saturated rings. The molecule has 0 radical (unpaired) electrons. The molecule has 0 aliphatic heterocycles. The molecular weight excluding hydrogens is 276 g/mol. The maximum atomic E-state index is 10.5. The molecule has 1 saturated carbocycles. The van der Waals surface area contributed by atoms with Crippen molar-refractivity contribution in [3.8, 4) is 0 Å². The number of aliphatic hydroxyl groups is 1. The van der Waals surface area contributed by atoms with Gasteiger partial charge in [0.25, 0.3) is 0 Å². The van der Waals surface area contributed by atoms with Crippen LogP contribution in [-0.4, -0.2) is 38.7 Å². The molecule has 0 spiro atoms. The summed E-state index contributed by atoms with van der Waals surface area (Å²) in [6.07, 6.45) is 6.75. The number of nitrogens with zero attached hydrogens (tertiary/aromatic N) is 3. The van der Waals surface area contributed by atoms with E-state index < -0.39 is 5.60 Å². The van der Waals surface area contributed by atoms with Gasteiger partial charge in [0.05, 0.1) is 11.0 Å². The van der Waals surface area contributed by atoms with Gasteiger partial charge in [-0.2, -0.15) is 0 Å². The van der Waals surface area contributed by atoms with Crippen LogP contribution in [0.15, 0.2) is 18.6 Å². The van der Waals surface area contributed by atoms with Gasteiger partial charge in [-0.3, -0.25) is 0 Å². The van der Waals surface area contributed by atoms with Crippen molar-refractivity contribution < 1.29 is 5.11 Å². The van der Waals surface area contributed by atoms with Crippen molar-refractivity contribution >= 4 is 16.9 Å². The topological polar surface area (TPSA) is 65.0 Å². The lowest BCUT2D eigenvalue weighted by Crippen LogP contribution is -2.35. The van der Waals surface area contributed by atoms with E-state index in [-0.39, 0.29) is 0 Å². The van der Waals surface area contributed by atoms with Gasteiger partial charge in [0.2, 0.25) is 0 Å². The standard InChI is InChI=1S/C17H26N4O/c1-5-11-8-12(9-14(11)17(2,3)22)21(4)16-13-6-7-18-15(13)19-10-20-16/h6-7,10-12,14,22H,5,8-9H2,1-4H3,(H,18,19,20). The predicted molar refractivity (Wildman–Crippen MR) is 88.9 cm³/mol. The molecule has 2 heterocycles. The highest BCUT2D eigenvalue weighted by Crippen LogP contribution is 2.43. The predicted octanol–water partition coefficient (Wildman–Crippen LogP) is 2.97. The van der Waals surface area contributed by atoms with Crippen molar-refractivity contribution in [2.75, 3.05) is 11.9 Å². The van der Waals surface area contributed by atoms with Crippen molar-refractivity contribution in [3.05, 3.63) is 18.6 Å². The van der Waals surface area contributed by atoms with Crippen LogP contribution in [-0.2, 0) is 0 Å². The van der Waals surface area contributed by atoms with Crippen LogP contribution < -0.4 is 4.90 Å². The van der Waals surface area contributed by atoms with Gasteiger partial charge in [-0.25, -0.2) is 9.97 Å². The van der Waals surface area contributed by atoms with Gasteiger partial charge in [0.15, 0.2) is 0 Å². The van der Waals surface area contributed by atoms with Gasteiger partial charge in [0.1, 0.15) is 17.8 Å². The van der Waals surface area contributed by atoms with Crippen LogP contribution in [0.5, 0.6) is 0 Å². The third kappa shape index (κ3) is 2.58. The van der Waals surface area contributed by atoms with Crippen LogP contribution in [0.1, 0.15) is 40.0 Å². The maximum absolute atomic E-state index is 10.5. The molecule has 2 aromatic heterocycles. The Labute approximate surface area is 131 Å². The second-order valence-corrected chi connectivity index (χ2v) is 7.10. The first-order valence-corrected chi connectivity index (χ1v) is 8.15. The average Bonchev–Trinajstić information content (AvgIpc) is 3.11. The highest BCUT2D eigenvalue weighted by molar-refractivity contribution is 5.87. The molecule has 5 heteroatoms. The molecule has 3 unspecified atom stereocenters. The van der Waals surface area contributed by atoms with Gasteiger partial charge in [0, 0.05) is 19.3 Å². The number of H-pyrrole nitrogens is 1. The van der Waals surface area contributed by atoms with Crippen molar-refractivity contribution in [1.29, 1.82) is 0 Å². The fourth-order valence-corrected chi connectivity index (χ4v) is 4.04. The fourth-order valence-electron chi connectivity index (χ4n) is 4.04. The molecule has 22 heavy (non-hydrogen) atoms. The van der Waals surface area contributed by atoms with Crippen LogP contribution in [0, 0.1) is 11.8 Å². The molecule has 3 atom stereocenters. The molecular formula is C17H26N4O. The van der Waals surface area contributed by atoms with E-state index in [4.69, 9.17) is 0 Å². The molecule has 3 rings (SSSR count). The van der Waals surface area contributed by atoms with Crippen LogP contribution in [0.2, 0.25) is 0 Å². The zero-order valence-electron chi connectivity index (χ0n) is 13.9. The summed E-state index contributed by atoms with van der Waals surface area (Å²) in [5.41, 5.74) is 0.256. The third-order valence-corrected chi connectivity index (χ3v) is 5.32. The lowest BCUT2D eigenvalue weighted by molar-refractivity contribution is -0.000900. The van der Waals surface area contributed by atoms with E-state index >= 15 is 0 Å². The molecule has 120 valence electrons. The van der Waals surface area contributed by atoms with E-state index in [0.717, 1.165) is 36.1 Å². The number of hydrogen-bond donors (Lipinski definition) is 2. The van der Waals surface area contributed by atoms with Crippen molar-refractivity contribution in [2.24, 2.45) is 11.8 Å². The van der Waals surface area contributed by atoms with Crippen LogP contribution in [0.4, 0.5) is 5.82 Å². The van der Waals surface area contributed by atoms with E-state index in [1.165, 1.54) is 0 Å². The second kappa shape index (κ2) is 5.54. The summed E-state index contributed by atoms with van der Waals surface area (Å²) in [4.78, 5) is 14.2. The van der Waals surface area contributed by atoms with Crippen molar-refractivity contribution in [3.63, 3.8) is 0 Å². The fraction of sp³-hybridized carbons (Fsp3) is 0.647. The lowest BCUT2D eigenvalue weighted by atomic mass is 9.81. The minimum absolute atomic E-state index is 0.341. The second-order valence-electron chi connectivity index (χ2n) is 7.10. The Bertz CT molecular complexity index is 645. The average molecular weight is 302 g/mol. The van der Waals surface area contributed by atoms with E-state index in [2.05, 4.69) is 33.8 Å². The highest BCUT2D eigenvalue weighted by atomic mass is 16.3. The Balaban J connectivity index is 1.87. The normalized spacial score (nSPS) is 25.8. The first-order valence-electron chi connectivity index (χ1n) is 8.15. The molecule has 1 aliphatic carbocycles. The summed E-state index contributed by atoms with van der Waals surface area (Å²) in [5.74, 6) is 1.88. The Morgan fingerprint density at radius 2 is 2.14 bits per heavy atom. The van der Waals surface area contributed by atoms with Crippen LogP contribution in [0.3, 0.4) is 0 Å². The number of aromatic nitrogens is 3. The Morgan fingerprint density at radius 1 is 1.36 bits per heavy atom. The van der Waals surface area contributed by atoms with Gasteiger partial charge in [-0.1, -0.05) is 13.3 Å². The van der Waals surface area contributed by atoms with Crippen molar-refractivity contribution in [2.45, 2.75) is 51.7 Å². The molecule has 0 saturated heterocycles. The third-order valence-electron chi connectivity index (χ3n) is 5.32. The molecule has 5 nitrogen and oxygen atoms in total. The number of anilines is 1. The molecule has 0 aromatic carbocycles. The van der Waals surface area contributed by atoms with Gasteiger partial charge >= 0.3 is 0 Å². The number of fused-ring (bicyclic) bond motifs is 1. The minimum Gasteiger partial charge on any atom is -0.390 e. The zero-order valence-corrected chi connectivity index (χ0v) is 13.9. The maximum Gasteiger partial charge on any atom is 0.142 e. The van der Waals surface area contributed by atoms with Gasteiger partial charge in [-0.15, -0.1) is 0 Å². The quantitative estimate of drug-likeness (QED) is 0.911. The first kappa shape index (κ1) is 15.3. The van der Waals surface area contributed by atoms with E-state index in [1.54, 1.807) is 6.33 Å². The van der Waals surface area contributed by atoms with Crippen LogP contribution in [0.25, 0.3) is 11.0 Å². The van der Waals surface area contributed by atoms with E-state index in [1.807, 2.05) is 26.1 Å². The van der Waals surface area contributed by atoms with E-state index in [9.17, 15) is 5.11 Å². The summed E-state index contributed by atoms with van der Waals surface area (Å²) < 4.78 is 0. The first-order chi connectivity index (χ1) is 10.4. The number of nitrogens with one attached hydrogen (secondary N) is 1. The number of hydrogen-bond acceptors (Lipinski definition) is 4. The summed E-state index contributed by atoms with van der Waals surface area (Å²) in [6.45, 7) is 6.11. The molecule has 2 aromatic rings. The Morgan fingerprint density at radius 3 is 2.77 bits per heavy atom. The summed E-state index contributed by atoms with van der Waals surface area (Å²) in [6, 6.07) is 2.44. The van der Waals surface area contributed by atoms with Gasteiger partial charge < -0.3 is 15.0 Å². The smallest absolute Gasteiger partial charge is 0.142 e. The Hall–Kier alpha value is -1.62. The molecule has 0 amide bonds. The summed E-state index contributed by atoms with van der Waals surface area (Å²) >= 11 is 0. The summed E-state index contributed by atoms with van der Waals surface area (Å²) in [5, 5.41) is 11.5.